The summed E-state index contributed by atoms with van der Waals surface area (Å²) in [7, 11) is 0. The second kappa shape index (κ2) is 5.05. The number of aryl methyl sites for hydroxylation is 1. The van der Waals surface area contributed by atoms with E-state index in [1.807, 2.05) is 19.1 Å². The van der Waals surface area contributed by atoms with E-state index in [4.69, 9.17) is 0 Å². The average Bonchev–Trinajstić information content (AvgIpc) is 2.33. The zero-order chi connectivity index (χ0) is 12.3. The summed E-state index contributed by atoms with van der Waals surface area (Å²) in [6, 6.07) is 7.33. The molecule has 0 saturated carbocycles. The summed E-state index contributed by atoms with van der Waals surface area (Å²) >= 11 is 3.18. The third kappa shape index (κ3) is 3.10. The highest BCUT2D eigenvalue weighted by atomic mass is 79.9. The van der Waals surface area contributed by atoms with Crippen LogP contribution in [-0.4, -0.2) is 15.9 Å². The molecule has 0 aliphatic carbocycles. The molecule has 0 atom stereocenters. The van der Waals surface area contributed by atoms with Crippen LogP contribution in [0.1, 0.15) is 15.9 Å². The van der Waals surface area contributed by atoms with Gasteiger partial charge < -0.3 is 5.32 Å². The molecular formula is C12H10BrN3O. The molecule has 0 bridgehead atoms. The number of carbonyl (C=O) groups excluding carboxylic acids is 1. The minimum atomic E-state index is -0.193. The summed E-state index contributed by atoms with van der Waals surface area (Å²) in [6.07, 6.45) is 3.03. The van der Waals surface area contributed by atoms with Gasteiger partial charge in [0.2, 0.25) is 0 Å². The summed E-state index contributed by atoms with van der Waals surface area (Å²) in [6.45, 7) is 1.97. The van der Waals surface area contributed by atoms with Crippen molar-refractivity contribution in [3.05, 3.63) is 52.4 Å². The van der Waals surface area contributed by atoms with Gasteiger partial charge in [-0.25, -0.2) is 9.97 Å². The Morgan fingerprint density at radius 3 is 2.47 bits per heavy atom. The predicted octanol–water partition coefficient (Wildman–Crippen LogP) is 2.80. The third-order valence-corrected chi connectivity index (χ3v) is 2.59. The van der Waals surface area contributed by atoms with E-state index in [1.54, 1.807) is 12.1 Å². The van der Waals surface area contributed by atoms with E-state index in [0.29, 0.717) is 16.0 Å². The van der Waals surface area contributed by atoms with Crippen LogP contribution in [0.2, 0.25) is 0 Å². The average molecular weight is 292 g/mol. The number of amides is 1. The number of nitrogens with one attached hydrogen (secondary N) is 1. The van der Waals surface area contributed by atoms with Gasteiger partial charge in [-0.15, -0.1) is 0 Å². The SMILES string of the molecule is Cc1ccc(C(=O)Nc2cnc(Br)cn2)cc1. The van der Waals surface area contributed by atoms with E-state index in [1.165, 1.54) is 12.4 Å². The number of rotatable bonds is 2. The first-order valence-electron chi connectivity index (χ1n) is 5.01. The first-order valence-corrected chi connectivity index (χ1v) is 5.80. The number of hydrogen-bond donors (Lipinski definition) is 1. The highest BCUT2D eigenvalue weighted by Crippen LogP contribution is 2.09. The van der Waals surface area contributed by atoms with E-state index in [9.17, 15) is 4.79 Å². The monoisotopic (exact) mass is 291 g/mol. The van der Waals surface area contributed by atoms with E-state index < -0.39 is 0 Å². The lowest BCUT2D eigenvalue weighted by Crippen LogP contribution is -2.12. The van der Waals surface area contributed by atoms with Crippen LogP contribution in [0.3, 0.4) is 0 Å². The lowest BCUT2D eigenvalue weighted by atomic mass is 10.1. The van der Waals surface area contributed by atoms with Gasteiger partial charge in [-0.3, -0.25) is 4.79 Å². The van der Waals surface area contributed by atoms with Crippen LogP contribution < -0.4 is 5.32 Å². The number of benzene rings is 1. The van der Waals surface area contributed by atoms with Crippen LogP contribution in [0, 0.1) is 6.92 Å². The van der Waals surface area contributed by atoms with Crippen molar-refractivity contribution in [1.29, 1.82) is 0 Å². The van der Waals surface area contributed by atoms with Gasteiger partial charge in [-0.05, 0) is 35.0 Å². The number of carbonyl (C=O) groups is 1. The van der Waals surface area contributed by atoms with Crippen LogP contribution in [0.15, 0.2) is 41.3 Å². The van der Waals surface area contributed by atoms with Crippen molar-refractivity contribution in [1.82, 2.24) is 9.97 Å². The molecule has 86 valence electrons. The van der Waals surface area contributed by atoms with Crippen molar-refractivity contribution in [2.75, 3.05) is 5.32 Å². The molecule has 4 nitrogen and oxygen atoms in total. The first kappa shape index (κ1) is 11.7. The van der Waals surface area contributed by atoms with Gasteiger partial charge in [0, 0.05) is 5.56 Å². The highest BCUT2D eigenvalue weighted by Gasteiger charge is 2.06. The van der Waals surface area contributed by atoms with E-state index >= 15 is 0 Å². The molecular weight excluding hydrogens is 282 g/mol. The Kier molecular flexibility index (Phi) is 3.49. The van der Waals surface area contributed by atoms with Crippen LogP contribution in [0.25, 0.3) is 0 Å². The Labute approximate surface area is 107 Å². The van der Waals surface area contributed by atoms with Crippen LogP contribution in [0.5, 0.6) is 0 Å². The Morgan fingerprint density at radius 1 is 1.18 bits per heavy atom. The molecule has 1 aromatic heterocycles. The van der Waals surface area contributed by atoms with Crippen molar-refractivity contribution in [3.8, 4) is 0 Å². The van der Waals surface area contributed by atoms with Crippen molar-refractivity contribution in [2.45, 2.75) is 6.92 Å². The normalized spacial score (nSPS) is 10.0. The van der Waals surface area contributed by atoms with Crippen molar-refractivity contribution in [3.63, 3.8) is 0 Å². The third-order valence-electron chi connectivity index (χ3n) is 2.18. The molecule has 1 heterocycles. The van der Waals surface area contributed by atoms with Gasteiger partial charge in [0.15, 0.2) is 5.82 Å². The first-order chi connectivity index (χ1) is 8.15. The van der Waals surface area contributed by atoms with Crippen molar-refractivity contribution in [2.24, 2.45) is 0 Å². The van der Waals surface area contributed by atoms with Gasteiger partial charge in [0.25, 0.3) is 5.91 Å². The summed E-state index contributed by atoms with van der Waals surface area (Å²) < 4.78 is 0.630. The Balaban J connectivity index is 2.11. The van der Waals surface area contributed by atoms with Crippen molar-refractivity contribution < 1.29 is 4.79 Å². The highest BCUT2D eigenvalue weighted by molar-refractivity contribution is 9.10. The number of halogens is 1. The standard InChI is InChI=1S/C12H10BrN3O/c1-8-2-4-9(5-3-8)12(17)16-11-7-14-10(13)6-15-11/h2-7H,1H3,(H,15,16,17). The number of nitrogens with zero attached hydrogens (tertiary/aromatic N) is 2. The molecule has 0 unspecified atom stereocenters. The molecule has 1 amide bonds. The lowest BCUT2D eigenvalue weighted by molar-refractivity contribution is 0.102. The summed E-state index contributed by atoms with van der Waals surface area (Å²) in [4.78, 5) is 19.8. The number of anilines is 1. The lowest BCUT2D eigenvalue weighted by Gasteiger charge is -2.04. The van der Waals surface area contributed by atoms with Crippen LogP contribution in [0.4, 0.5) is 5.82 Å². The molecule has 0 saturated heterocycles. The smallest absolute Gasteiger partial charge is 0.256 e. The van der Waals surface area contributed by atoms with Crippen LogP contribution >= 0.6 is 15.9 Å². The molecule has 5 heteroatoms. The predicted molar refractivity (Wildman–Crippen MR) is 68.9 cm³/mol. The summed E-state index contributed by atoms with van der Waals surface area (Å²) in [5, 5.41) is 2.67. The molecule has 1 N–H and O–H groups in total. The van der Waals surface area contributed by atoms with Gasteiger partial charge in [0.05, 0.1) is 12.4 Å². The summed E-state index contributed by atoms with van der Waals surface area (Å²) in [5.41, 5.74) is 1.71. The molecule has 17 heavy (non-hydrogen) atoms. The van der Waals surface area contributed by atoms with E-state index in [2.05, 4.69) is 31.2 Å². The maximum Gasteiger partial charge on any atom is 0.256 e. The Bertz CT molecular complexity index is 522. The van der Waals surface area contributed by atoms with Gasteiger partial charge in [-0.2, -0.15) is 0 Å². The molecule has 1 aromatic carbocycles. The maximum atomic E-state index is 11.8. The van der Waals surface area contributed by atoms with Gasteiger partial charge in [-0.1, -0.05) is 17.7 Å². The summed E-state index contributed by atoms with van der Waals surface area (Å²) in [5.74, 6) is 0.236. The fourth-order valence-corrected chi connectivity index (χ4v) is 1.48. The maximum absolute atomic E-state index is 11.8. The molecule has 0 aliphatic heterocycles. The Hall–Kier alpha value is -1.75. The van der Waals surface area contributed by atoms with Gasteiger partial charge in [0.1, 0.15) is 4.60 Å². The number of aromatic nitrogens is 2. The van der Waals surface area contributed by atoms with Crippen molar-refractivity contribution >= 4 is 27.7 Å². The van der Waals surface area contributed by atoms with E-state index in [0.717, 1.165) is 5.56 Å². The number of hydrogen-bond acceptors (Lipinski definition) is 3. The minimum absolute atomic E-state index is 0.193. The molecule has 0 spiro atoms. The quantitative estimate of drug-likeness (QED) is 0.926. The fourth-order valence-electron chi connectivity index (χ4n) is 1.27. The minimum Gasteiger partial charge on any atom is -0.305 e. The second-order valence-electron chi connectivity index (χ2n) is 3.54. The van der Waals surface area contributed by atoms with Gasteiger partial charge >= 0.3 is 0 Å². The largest absolute Gasteiger partial charge is 0.305 e. The molecule has 2 rings (SSSR count). The second-order valence-corrected chi connectivity index (χ2v) is 4.36. The van der Waals surface area contributed by atoms with E-state index in [-0.39, 0.29) is 5.91 Å². The zero-order valence-corrected chi connectivity index (χ0v) is 10.7. The Morgan fingerprint density at radius 2 is 1.88 bits per heavy atom. The molecule has 0 fully saturated rings. The topological polar surface area (TPSA) is 54.9 Å². The molecule has 0 radical (unpaired) electrons. The fraction of sp³-hybridized carbons (Fsp3) is 0.0833. The van der Waals surface area contributed by atoms with Crippen LogP contribution in [-0.2, 0) is 0 Å². The molecule has 2 aromatic rings. The molecule has 0 aliphatic rings. The zero-order valence-electron chi connectivity index (χ0n) is 9.14.